The van der Waals surface area contributed by atoms with Crippen molar-refractivity contribution in [2.45, 2.75) is 13.5 Å². The summed E-state index contributed by atoms with van der Waals surface area (Å²) in [5.74, 6) is 1.34. The van der Waals surface area contributed by atoms with Gasteiger partial charge in [0.05, 0.1) is 26.1 Å². The predicted octanol–water partition coefficient (Wildman–Crippen LogP) is 2.57. The van der Waals surface area contributed by atoms with Crippen molar-refractivity contribution in [1.29, 1.82) is 0 Å². The van der Waals surface area contributed by atoms with Crippen LogP contribution in [0, 0.1) is 6.92 Å². The summed E-state index contributed by atoms with van der Waals surface area (Å²) in [7, 11) is 3.17. The van der Waals surface area contributed by atoms with Crippen LogP contribution in [0.2, 0.25) is 0 Å². The highest BCUT2D eigenvalue weighted by Crippen LogP contribution is 2.22. The third-order valence-corrected chi connectivity index (χ3v) is 3.79. The van der Waals surface area contributed by atoms with E-state index in [0.29, 0.717) is 28.4 Å². The minimum absolute atomic E-state index is 0.0858. The molecule has 0 aliphatic heterocycles. The number of fused-ring (bicyclic) bond motifs is 1. The summed E-state index contributed by atoms with van der Waals surface area (Å²) in [4.78, 5) is 21.8. The molecule has 1 aromatic carbocycles. The Bertz CT molecular complexity index is 1010. The number of rotatable bonds is 6. The second-order valence-electron chi connectivity index (χ2n) is 5.63. The van der Waals surface area contributed by atoms with Gasteiger partial charge in [-0.2, -0.15) is 0 Å². The molecule has 0 aliphatic carbocycles. The van der Waals surface area contributed by atoms with Gasteiger partial charge in [-0.05, 0) is 42.8 Å². The van der Waals surface area contributed by atoms with Crippen molar-refractivity contribution in [2.75, 3.05) is 14.2 Å². The lowest BCUT2D eigenvalue weighted by Crippen LogP contribution is -2.15. The van der Waals surface area contributed by atoms with Crippen LogP contribution in [0.1, 0.15) is 16.8 Å². The van der Waals surface area contributed by atoms with Crippen LogP contribution in [0.5, 0.6) is 11.5 Å². The van der Waals surface area contributed by atoms with Gasteiger partial charge in [0.25, 0.3) is 5.56 Å². The van der Waals surface area contributed by atoms with E-state index in [0.717, 1.165) is 5.56 Å². The Balaban J connectivity index is 1.75. The summed E-state index contributed by atoms with van der Waals surface area (Å²) >= 11 is 0. The number of hydrogen-bond donors (Lipinski definition) is 0. The minimum Gasteiger partial charge on any atom is -0.497 e. The van der Waals surface area contributed by atoms with E-state index in [2.05, 4.69) is 10.1 Å². The van der Waals surface area contributed by atoms with Gasteiger partial charge in [0.1, 0.15) is 17.1 Å². The molecule has 7 nitrogen and oxygen atoms in total. The molecule has 3 rings (SSSR count). The number of ether oxygens (including phenoxy) is 2. The summed E-state index contributed by atoms with van der Waals surface area (Å²) in [6.45, 7) is 2.03. The van der Waals surface area contributed by atoms with E-state index in [4.69, 9.17) is 14.3 Å². The maximum atomic E-state index is 12.1. The number of methoxy groups -OCH3 is 2. The number of benzene rings is 1. The number of oxime groups is 1. The number of pyridine rings is 1. The van der Waals surface area contributed by atoms with Crippen LogP contribution >= 0.6 is 0 Å². The first-order valence-corrected chi connectivity index (χ1v) is 7.97. The second kappa shape index (κ2) is 7.69. The lowest BCUT2D eigenvalue weighted by molar-refractivity contribution is 0.129. The molecule has 7 heteroatoms. The average Bonchev–Trinajstić information content (AvgIpc) is 2.64. The summed E-state index contributed by atoms with van der Waals surface area (Å²) in [6, 6.07) is 10.5. The molecular weight excluding hydrogens is 334 g/mol. The zero-order valence-electron chi connectivity index (χ0n) is 14.8. The molecule has 0 radical (unpaired) electrons. The largest absolute Gasteiger partial charge is 0.497 e. The topological polar surface area (TPSA) is 74.4 Å². The van der Waals surface area contributed by atoms with E-state index in [1.165, 1.54) is 16.7 Å². The molecule has 2 heterocycles. The summed E-state index contributed by atoms with van der Waals surface area (Å²) in [5, 5.41) is 3.94. The highest BCUT2D eigenvalue weighted by molar-refractivity contribution is 5.83. The van der Waals surface area contributed by atoms with Crippen molar-refractivity contribution in [3.8, 4) is 11.5 Å². The zero-order valence-corrected chi connectivity index (χ0v) is 14.8. The molecule has 0 saturated heterocycles. The average molecular weight is 353 g/mol. The number of hydrogen-bond acceptors (Lipinski definition) is 6. The molecule has 26 heavy (non-hydrogen) atoms. The molecule has 134 valence electrons. The van der Waals surface area contributed by atoms with Crippen LogP contribution in [-0.2, 0) is 11.4 Å². The van der Waals surface area contributed by atoms with Crippen molar-refractivity contribution in [3.63, 3.8) is 0 Å². The highest BCUT2D eigenvalue weighted by atomic mass is 16.6. The normalized spacial score (nSPS) is 11.0. The van der Waals surface area contributed by atoms with E-state index in [1.54, 1.807) is 38.6 Å². The van der Waals surface area contributed by atoms with E-state index >= 15 is 0 Å². The Hall–Kier alpha value is -3.35. The monoisotopic (exact) mass is 353 g/mol. The van der Waals surface area contributed by atoms with Crippen LogP contribution in [0.3, 0.4) is 0 Å². The zero-order chi connectivity index (χ0) is 18.5. The van der Waals surface area contributed by atoms with Gasteiger partial charge in [-0.25, -0.2) is 4.98 Å². The van der Waals surface area contributed by atoms with Crippen molar-refractivity contribution < 1.29 is 14.3 Å². The Morgan fingerprint density at radius 3 is 2.77 bits per heavy atom. The lowest BCUT2D eigenvalue weighted by Gasteiger charge is -2.07. The quantitative estimate of drug-likeness (QED) is 0.503. The second-order valence-corrected chi connectivity index (χ2v) is 5.63. The number of aryl methyl sites for hydroxylation is 1. The van der Waals surface area contributed by atoms with Gasteiger partial charge < -0.3 is 14.3 Å². The lowest BCUT2D eigenvalue weighted by atomic mass is 10.2. The van der Waals surface area contributed by atoms with Gasteiger partial charge in [-0.15, -0.1) is 0 Å². The van der Waals surface area contributed by atoms with E-state index in [9.17, 15) is 4.79 Å². The van der Waals surface area contributed by atoms with Crippen molar-refractivity contribution in [3.05, 3.63) is 69.8 Å². The molecule has 0 fully saturated rings. The van der Waals surface area contributed by atoms with Gasteiger partial charge in [-0.1, -0.05) is 5.16 Å². The standard InChI is InChI=1S/C19H19N3O4/c1-13-6-7-22-18(8-13)21-15(10-19(22)23)12-26-20-11-14-9-16(24-2)4-5-17(14)25-3/h4-11H,12H2,1-3H3/b20-11+. The van der Waals surface area contributed by atoms with Crippen LogP contribution in [0.4, 0.5) is 0 Å². The molecule has 2 aromatic heterocycles. The summed E-state index contributed by atoms with van der Waals surface area (Å²) < 4.78 is 12.0. The van der Waals surface area contributed by atoms with Gasteiger partial charge in [0.2, 0.25) is 0 Å². The van der Waals surface area contributed by atoms with E-state index in [1.807, 2.05) is 19.1 Å². The number of nitrogens with zero attached hydrogens (tertiary/aromatic N) is 3. The van der Waals surface area contributed by atoms with Crippen molar-refractivity contribution in [2.24, 2.45) is 5.16 Å². The Morgan fingerprint density at radius 1 is 1.15 bits per heavy atom. The van der Waals surface area contributed by atoms with Crippen LogP contribution in [-0.4, -0.2) is 29.8 Å². The SMILES string of the molecule is COc1ccc(OC)c(/C=N/OCc2cc(=O)n3ccc(C)cc3n2)c1. The van der Waals surface area contributed by atoms with Crippen LogP contribution in [0.25, 0.3) is 5.65 Å². The third-order valence-electron chi connectivity index (χ3n) is 3.79. The van der Waals surface area contributed by atoms with E-state index < -0.39 is 0 Å². The molecule has 0 N–H and O–H groups in total. The minimum atomic E-state index is -0.160. The molecule has 0 unspecified atom stereocenters. The maximum Gasteiger partial charge on any atom is 0.258 e. The molecule has 3 aromatic rings. The molecule has 0 bridgehead atoms. The fourth-order valence-electron chi connectivity index (χ4n) is 2.47. The Labute approximate surface area is 150 Å². The fraction of sp³-hybridized carbons (Fsp3) is 0.211. The highest BCUT2D eigenvalue weighted by Gasteiger charge is 2.04. The molecular formula is C19H19N3O4. The molecule has 0 spiro atoms. The van der Waals surface area contributed by atoms with Crippen molar-refractivity contribution >= 4 is 11.9 Å². The Morgan fingerprint density at radius 2 is 2.00 bits per heavy atom. The smallest absolute Gasteiger partial charge is 0.258 e. The summed E-state index contributed by atoms with van der Waals surface area (Å²) in [6.07, 6.45) is 3.23. The molecule has 0 amide bonds. The van der Waals surface area contributed by atoms with E-state index in [-0.39, 0.29) is 12.2 Å². The van der Waals surface area contributed by atoms with Crippen LogP contribution in [0.15, 0.2) is 52.5 Å². The first kappa shape index (κ1) is 17.5. The van der Waals surface area contributed by atoms with Gasteiger partial charge in [0, 0.05) is 17.8 Å². The molecule has 0 atom stereocenters. The first-order chi connectivity index (χ1) is 12.6. The number of aromatic nitrogens is 2. The predicted molar refractivity (Wildman–Crippen MR) is 98.1 cm³/mol. The summed E-state index contributed by atoms with van der Waals surface area (Å²) in [5.41, 5.74) is 2.67. The fourth-order valence-corrected chi connectivity index (χ4v) is 2.47. The van der Waals surface area contributed by atoms with Gasteiger partial charge in [-0.3, -0.25) is 9.20 Å². The maximum absolute atomic E-state index is 12.1. The molecule has 0 saturated carbocycles. The first-order valence-electron chi connectivity index (χ1n) is 7.97. The molecule has 0 aliphatic rings. The Kier molecular flexibility index (Phi) is 5.17. The van der Waals surface area contributed by atoms with Gasteiger partial charge in [0.15, 0.2) is 6.61 Å². The third kappa shape index (κ3) is 3.83. The van der Waals surface area contributed by atoms with Gasteiger partial charge >= 0.3 is 0 Å². The van der Waals surface area contributed by atoms with Crippen LogP contribution < -0.4 is 15.0 Å². The van der Waals surface area contributed by atoms with Crippen molar-refractivity contribution in [1.82, 2.24) is 9.38 Å².